The summed E-state index contributed by atoms with van der Waals surface area (Å²) in [5, 5.41) is 0. The molecule has 0 aliphatic carbocycles. The number of halogens is 2. The number of rotatable bonds is 0. The predicted octanol–water partition coefficient (Wildman–Crippen LogP) is 0.195. The van der Waals surface area contributed by atoms with Crippen molar-refractivity contribution in [2.75, 3.05) is 0 Å². The van der Waals surface area contributed by atoms with Crippen LogP contribution in [0.5, 0.6) is 0 Å². The van der Waals surface area contributed by atoms with Gasteiger partial charge in [-0.1, -0.05) is 0 Å². The maximum absolute atomic E-state index is 0. The zero-order chi connectivity index (χ0) is 0. The molecule has 0 aliphatic heterocycles. The molecule has 0 fully saturated rings. The largest absolute Gasteiger partial charge is 0 e. The molecule has 0 heterocycles. The fraction of sp³-hybridized carbons (Fsp3) is 0. The Morgan fingerprint density at radius 1 is 0.750 bits per heavy atom. The van der Waals surface area contributed by atoms with Gasteiger partial charge in [0.25, 0.3) is 0 Å². The summed E-state index contributed by atoms with van der Waals surface area (Å²) in [6.45, 7) is 0. The molecule has 0 amide bonds. The third-order valence-corrected chi connectivity index (χ3v) is 0. The maximum atomic E-state index is 0. The quantitative estimate of drug-likeness (QED) is 0.555. The van der Waals surface area contributed by atoms with Crippen molar-refractivity contribution in [2.45, 2.75) is 0 Å². The normalized spacial score (nSPS) is 0. The minimum absolute atomic E-state index is 0. The van der Waals surface area contributed by atoms with E-state index in [1.54, 1.807) is 0 Å². The van der Waals surface area contributed by atoms with Gasteiger partial charge in [0.1, 0.15) is 0 Å². The van der Waals surface area contributed by atoms with E-state index in [9.17, 15) is 0 Å². The van der Waals surface area contributed by atoms with E-state index in [4.69, 9.17) is 0 Å². The average Bonchev–Trinajstić information content (AvgIpc) is 0. The molecule has 0 radical (unpaired) electrons. The van der Waals surface area contributed by atoms with Crippen molar-refractivity contribution in [3.63, 3.8) is 0 Å². The molecule has 22 valence electrons. The first-order valence-electron chi connectivity index (χ1n) is 0. The van der Waals surface area contributed by atoms with Gasteiger partial charge in [-0.05, 0) is 0 Å². The van der Waals surface area contributed by atoms with Crippen LogP contribution in [-0.4, -0.2) is 29.6 Å². The summed E-state index contributed by atoms with van der Waals surface area (Å²) in [6.07, 6.45) is 0. The second-order valence-electron chi connectivity index (χ2n) is 0. The third kappa shape index (κ3) is 8.82. The fourth-order valence-corrected chi connectivity index (χ4v) is 0. The Kier molecular flexibility index (Phi) is 132. The predicted molar refractivity (Wildman–Crippen MR) is 21.6 cm³/mol. The summed E-state index contributed by atoms with van der Waals surface area (Å²) in [4.78, 5) is 0. The van der Waals surface area contributed by atoms with Gasteiger partial charge in [0, 0.05) is 31.1 Å². The molecule has 0 aromatic carbocycles. The van der Waals surface area contributed by atoms with Crippen molar-refractivity contribution < 1.29 is 31.1 Å². The Morgan fingerprint density at radius 3 is 0.750 bits per heavy atom. The molecule has 4 heteroatoms. The van der Waals surface area contributed by atoms with E-state index in [0.29, 0.717) is 0 Å². The molecule has 0 bridgehead atoms. The van der Waals surface area contributed by atoms with Crippen LogP contribution in [0.2, 0.25) is 0 Å². The number of hydrogen-bond donors (Lipinski definition) is 0. The van der Waals surface area contributed by atoms with Crippen molar-refractivity contribution in [2.24, 2.45) is 0 Å². The van der Waals surface area contributed by atoms with Gasteiger partial charge in [0.2, 0.25) is 0 Å². The van der Waals surface area contributed by atoms with Gasteiger partial charge in [0.05, 0.1) is 0 Å². The summed E-state index contributed by atoms with van der Waals surface area (Å²) >= 11 is 0. The first kappa shape index (κ1) is 30.4. The standard InChI is InChI=1S/2ClH.Na.U.H/h2*1H;;;. The Morgan fingerprint density at radius 2 is 0.750 bits per heavy atom. The van der Waals surface area contributed by atoms with Crippen LogP contribution >= 0.6 is 24.8 Å². The molecule has 0 spiro atoms. The van der Waals surface area contributed by atoms with Crippen molar-refractivity contribution in [3.05, 3.63) is 0 Å². The molecular formula is H3Cl2NaU. The van der Waals surface area contributed by atoms with E-state index in [1.807, 2.05) is 0 Å². The molecule has 0 aromatic heterocycles. The van der Waals surface area contributed by atoms with E-state index in [1.165, 1.54) is 0 Å². The molecular weight excluding hydrogens is 332 g/mol. The molecule has 0 unspecified atom stereocenters. The van der Waals surface area contributed by atoms with Gasteiger partial charge in [-0.15, -0.1) is 24.8 Å². The number of hydrogen-bond acceptors (Lipinski definition) is 0. The summed E-state index contributed by atoms with van der Waals surface area (Å²) in [6, 6.07) is 0. The van der Waals surface area contributed by atoms with Crippen LogP contribution in [0, 0.1) is 31.1 Å². The van der Waals surface area contributed by atoms with E-state index >= 15 is 0 Å². The molecule has 0 aromatic rings. The Balaban J connectivity index is 0. The summed E-state index contributed by atoms with van der Waals surface area (Å²) in [7, 11) is 0. The molecule has 0 atom stereocenters. The van der Waals surface area contributed by atoms with E-state index in [-0.39, 0.29) is 85.5 Å². The summed E-state index contributed by atoms with van der Waals surface area (Å²) in [5.41, 5.74) is 0. The average molecular weight is 335 g/mol. The first-order chi connectivity index (χ1) is 0. The van der Waals surface area contributed by atoms with Crippen LogP contribution in [-0.2, 0) is 0 Å². The van der Waals surface area contributed by atoms with Crippen molar-refractivity contribution in [1.82, 2.24) is 0 Å². The van der Waals surface area contributed by atoms with E-state index in [2.05, 4.69) is 0 Å². The topological polar surface area (TPSA) is 0 Å². The van der Waals surface area contributed by atoms with Crippen LogP contribution in [0.4, 0.5) is 0 Å². The SMILES string of the molecule is Cl.Cl.[NaH].[U]. The molecule has 0 saturated carbocycles. The van der Waals surface area contributed by atoms with Crippen molar-refractivity contribution in [3.8, 4) is 0 Å². The van der Waals surface area contributed by atoms with Crippen LogP contribution in [0.3, 0.4) is 0 Å². The van der Waals surface area contributed by atoms with Crippen LogP contribution < -0.4 is 0 Å². The molecule has 0 rings (SSSR count). The maximum Gasteiger partial charge on any atom is 0 e. The van der Waals surface area contributed by atoms with E-state index in [0.717, 1.165) is 0 Å². The van der Waals surface area contributed by atoms with Gasteiger partial charge < -0.3 is 0 Å². The molecule has 0 saturated heterocycles. The second kappa shape index (κ2) is 17.4. The van der Waals surface area contributed by atoms with Crippen LogP contribution in [0.1, 0.15) is 0 Å². The minimum Gasteiger partial charge on any atom is 0 e. The zero-order valence-electron chi connectivity index (χ0n) is 1.32. The second-order valence-corrected chi connectivity index (χ2v) is 0. The van der Waals surface area contributed by atoms with Crippen molar-refractivity contribution in [1.29, 1.82) is 0 Å². The molecule has 4 heavy (non-hydrogen) atoms. The van der Waals surface area contributed by atoms with Crippen LogP contribution in [0.25, 0.3) is 0 Å². The fourth-order valence-electron chi connectivity index (χ4n) is 0. The summed E-state index contributed by atoms with van der Waals surface area (Å²) < 4.78 is 0. The minimum atomic E-state index is 0. The van der Waals surface area contributed by atoms with Gasteiger partial charge in [-0.25, -0.2) is 0 Å². The molecule has 0 aliphatic rings. The van der Waals surface area contributed by atoms with E-state index < -0.39 is 0 Å². The van der Waals surface area contributed by atoms with Crippen molar-refractivity contribution >= 4 is 54.4 Å². The van der Waals surface area contributed by atoms with Gasteiger partial charge in [-0.2, -0.15) is 0 Å². The summed E-state index contributed by atoms with van der Waals surface area (Å²) in [5.74, 6) is 0. The molecule has 0 N–H and O–H groups in total. The van der Waals surface area contributed by atoms with Crippen LogP contribution in [0.15, 0.2) is 0 Å². The van der Waals surface area contributed by atoms with Gasteiger partial charge in [0.15, 0.2) is 0 Å². The molecule has 0 nitrogen and oxygen atoms in total. The Bertz CT molecular complexity index is 6.00. The third-order valence-electron chi connectivity index (χ3n) is 0. The first-order valence-corrected chi connectivity index (χ1v) is 0. The monoisotopic (exact) mass is 334 g/mol. The van der Waals surface area contributed by atoms with Gasteiger partial charge in [-0.3, -0.25) is 0 Å². The Hall–Kier alpha value is 2.63. The Labute approximate surface area is 84.0 Å². The zero-order valence-corrected chi connectivity index (χ0v) is 7.11. The smallest absolute Gasteiger partial charge is 0 e. The van der Waals surface area contributed by atoms with Gasteiger partial charge >= 0.3 is 29.6 Å².